The number of carboxylic acids is 1. The Kier molecular flexibility index (Phi) is 5.58. The smallest absolute Gasteiger partial charge is 0.323 e. The number of hydrogen-bond donors (Lipinski definition) is 2. The highest BCUT2D eigenvalue weighted by Gasteiger charge is 2.24. The van der Waals surface area contributed by atoms with Crippen molar-refractivity contribution in [3.05, 3.63) is 37.4 Å². The Hall–Kier alpha value is -2.24. The van der Waals surface area contributed by atoms with Gasteiger partial charge in [0.15, 0.2) is 0 Å². The number of aliphatic carboxylic acids is 1. The molecule has 112 valence electrons. The molecule has 0 bridgehead atoms. The first-order chi connectivity index (χ1) is 9.72. The summed E-state index contributed by atoms with van der Waals surface area (Å²) in [4.78, 5) is 44.6. The van der Waals surface area contributed by atoms with E-state index >= 15 is 0 Å². The lowest BCUT2D eigenvalue weighted by Crippen LogP contribution is -2.41. The van der Waals surface area contributed by atoms with Crippen molar-refractivity contribution in [2.24, 2.45) is 5.73 Å². The first-order valence-corrected chi connectivity index (χ1v) is 6.53. The van der Waals surface area contributed by atoms with E-state index in [4.69, 9.17) is 10.8 Å². The number of hydrogen-bond acceptors (Lipinski definition) is 5. The van der Waals surface area contributed by atoms with Crippen LogP contribution in [0.5, 0.6) is 0 Å². The standard InChI is InChI=1S/C11H10IN3O6/c12-8-2-1-6(15(20)21)3-7(8)11(19)14(4-9(13)16)5-10(17)18/h1-3H,4-5H2,(H2,13,16)(H,17,18). The summed E-state index contributed by atoms with van der Waals surface area (Å²) in [6.45, 7) is -1.33. The lowest BCUT2D eigenvalue weighted by atomic mass is 10.1. The van der Waals surface area contributed by atoms with Gasteiger partial charge in [-0.05, 0) is 28.7 Å². The lowest BCUT2D eigenvalue weighted by Gasteiger charge is -2.19. The van der Waals surface area contributed by atoms with E-state index in [-0.39, 0.29) is 11.3 Å². The van der Waals surface area contributed by atoms with Gasteiger partial charge in [0.2, 0.25) is 5.91 Å². The van der Waals surface area contributed by atoms with E-state index in [2.05, 4.69) is 0 Å². The number of nitrogens with two attached hydrogens (primary N) is 1. The van der Waals surface area contributed by atoms with Crippen LogP contribution in [0.15, 0.2) is 18.2 Å². The van der Waals surface area contributed by atoms with Crippen LogP contribution in [-0.2, 0) is 9.59 Å². The van der Waals surface area contributed by atoms with Gasteiger partial charge in [0.05, 0.1) is 10.5 Å². The number of carboxylic acid groups (broad SMARTS) is 1. The molecule has 0 heterocycles. The minimum Gasteiger partial charge on any atom is -0.480 e. The number of benzene rings is 1. The number of nitro groups is 1. The highest BCUT2D eigenvalue weighted by molar-refractivity contribution is 14.1. The summed E-state index contributed by atoms with van der Waals surface area (Å²) >= 11 is 1.78. The maximum atomic E-state index is 12.2. The number of carbonyl (C=O) groups is 3. The normalized spacial score (nSPS) is 9.95. The number of halogens is 1. The topological polar surface area (TPSA) is 144 Å². The zero-order chi connectivity index (χ0) is 16.2. The largest absolute Gasteiger partial charge is 0.480 e. The van der Waals surface area contributed by atoms with Gasteiger partial charge < -0.3 is 15.7 Å². The number of rotatable bonds is 6. The molecule has 0 saturated heterocycles. The van der Waals surface area contributed by atoms with Crippen molar-refractivity contribution in [1.29, 1.82) is 0 Å². The fourth-order valence-electron chi connectivity index (χ4n) is 1.51. The predicted octanol–water partition coefficient (Wildman–Crippen LogP) is 0.212. The van der Waals surface area contributed by atoms with Crippen LogP contribution in [0.3, 0.4) is 0 Å². The molecule has 0 atom stereocenters. The van der Waals surface area contributed by atoms with E-state index in [1.165, 1.54) is 12.1 Å². The monoisotopic (exact) mass is 407 g/mol. The molecule has 10 heteroatoms. The molecule has 0 aliphatic heterocycles. The molecule has 2 amide bonds. The molecule has 0 aliphatic rings. The van der Waals surface area contributed by atoms with Gasteiger partial charge in [0.1, 0.15) is 13.1 Å². The number of primary amides is 1. The van der Waals surface area contributed by atoms with Crippen LogP contribution in [0.4, 0.5) is 5.69 Å². The zero-order valence-corrected chi connectivity index (χ0v) is 12.6. The lowest BCUT2D eigenvalue weighted by molar-refractivity contribution is -0.384. The van der Waals surface area contributed by atoms with E-state index in [1.807, 2.05) is 0 Å². The maximum Gasteiger partial charge on any atom is 0.323 e. The molecular weight excluding hydrogens is 397 g/mol. The van der Waals surface area contributed by atoms with Crippen molar-refractivity contribution in [1.82, 2.24) is 4.90 Å². The van der Waals surface area contributed by atoms with E-state index in [1.54, 1.807) is 22.6 Å². The Labute approximate surface area is 132 Å². The molecule has 1 aromatic rings. The minimum atomic E-state index is -1.33. The average molecular weight is 407 g/mol. The van der Waals surface area contributed by atoms with Gasteiger partial charge in [0, 0.05) is 15.7 Å². The molecule has 0 fully saturated rings. The van der Waals surface area contributed by atoms with Crippen LogP contribution in [-0.4, -0.2) is 45.8 Å². The van der Waals surface area contributed by atoms with Crippen LogP contribution in [0, 0.1) is 13.7 Å². The van der Waals surface area contributed by atoms with Crippen molar-refractivity contribution in [3.63, 3.8) is 0 Å². The molecule has 0 aromatic heterocycles. The van der Waals surface area contributed by atoms with E-state index in [9.17, 15) is 24.5 Å². The van der Waals surface area contributed by atoms with Gasteiger partial charge in [-0.2, -0.15) is 0 Å². The van der Waals surface area contributed by atoms with Crippen molar-refractivity contribution in [2.75, 3.05) is 13.1 Å². The first kappa shape index (κ1) is 16.8. The average Bonchev–Trinajstić information content (AvgIpc) is 2.36. The van der Waals surface area contributed by atoms with Gasteiger partial charge >= 0.3 is 5.97 Å². The van der Waals surface area contributed by atoms with Crippen molar-refractivity contribution in [2.45, 2.75) is 0 Å². The highest BCUT2D eigenvalue weighted by Crippen LogP contribution is 2.21. The fourth-order valence-corrected chi connectivity index (χ4v) is 2.08. The summed E-state index contributed by atoms with van der Waals surface area (Å²) in [5.41, 5.74) is 4.59. The number of nitrogens with zero attached hydrogens (tertiary/aromatic N) is 2. The Bertz CT molecular complexity index is 602. The maximum absolute atomic E-state index is 12.2. The molecule has 3 N–H and O–H groups in total. The fraction of sp³-hybridized carbons (Fsp3) is 0.182. The molecule has 1 aromatic carbocycles. The molecular formula is C11H10IN3O6. The van der Waals surface area contributed by atoms with Crippen LogP contribution >= 0.6 is 22.6 Å². The van der Waals surface area contributed by atoms with Crippen LogP contribution in [0.2, 0.25) is 0 Å². The Balaban J connectivity index is 3.18. The summed E-state index contributed by atoms with van der Waals surface area (Å²) in [6.07, 6.45) is 0. The number of non-ortho nitro benzene ring substituents is 1. The van der Waals surface area contributed by atoms with Crippen LogP contribution in [0.1, 0.15) is 10.4 Å². The summed E-state index contributed by atoms with van der Waals surface area (Å²) in [6, 6.07) is 3.60. The molecule has 0 saturated carbocycles. The molecule has 0 spiro atoms. The third kappa shape index (κ3) is 4.66. The number of amides is 2. The van der Waals surface area contributed by atoms with E-state index in [0.717, 1.165) is 6.07 Å². The van der Waals surface area contributed by atoms with Crippen molar-refractivity contribution in [3.8, 4) is 0 Å². The molecule has 0 aliphatic carbocycles. The molecule has 21 heavy (non-hydrogen) atoms. The second-order valence-electron chi connectivity index (χ2n) is 3.94. The SMILES string of the molecule is NC(=O)CN(CC(=O)O)C(=O)c1cc([N+](=O)[O-])ccc1I. The molecule has 0 radical (unpaired) electrons. The van der Waals surface area contributed by atoms with Gasteiger partial charge in [-0.25, -0.2) is 0 Å². The zero-order valence-electron chi connectivity index (χ0n) is 10.5. The molecule has 1 rings (SSSR count). The molecule has 0 unspecified atom stereocenters. The Morgan fingerprint density at radius 2 is 1.95 bits per heavy atom. The van der Waals surface area contributed by atoms with Gasteiger partial charge in [-0.15, -0.1) is 0 Å². The number of carbonyl (C=O) groups excluding carboxylic acids is 2. The first-order valence-electron chi connectivity index (χ1n) is 5.45. The van der Waals surface area contributed by atoms with Crippen molar-refractivity contribution >= 4 is 46.1 Å². The summed E-state index contributed by atoms with van der Waals surface area (Å²) < 4.78 is 0.392. The predicted molar refractivity (Wildman–Crippen MR) is 78.5 cm³/mol. The van der Waals surface area contributed by atoms with E-state index in [0.29, 0.717) is 8.47 Å². The third-order valence-electron chi connectivity index (χ3n) is 2.35. The molecule has 9 nitrogen and oxygen atoms in total. The van der Waals surface area contributed by atoms with Crippen LogP contribution < -0.4 is 5.73 Å². The second-order valence-corrected chi connectivity index (χ2v) is 5.10. The quantitative estimate of drug-likeness (QED) is 0.392. The summed E-state index contributed by atoms with van der Waals surface area (Å²) in [5.74, 6) is -3.03. The second kappa shape index (κ2) is 6.97. The Morgan fingerprint density at radius 3 is 2.43 bits per heavy atom. The van der Waals surface area contributed by atoms with Crippen molar-refractivity contribution < 1.29 is 24.4 Å². The van der Waals surface area contributed by atoms with Gasteiger partial charge in [-0.3, -0.25) is 24.5 Å². The highest BCUT2D eigenvalue weighted by atomic mass is 127. The van der Waals surface area contributed by atoms with Gasteiger partial charge in [0.25, 0.3) is 11.6 Å². The third-order valence-corrected chi connectivity index (χ3v) is 3.29. The summed E-state index contributed by atoms with van der Waals surface area (Å²) in [7, 11) is 0. The van der Waals surface area contributed by atoms with Crippen LogP contribution in [0.25, 0.3) is 0 Å². The van der Waals surface area contributed by atoms with E-state index < -0.39 is 35.8 Å². The minimum absolute atomic E-state index is 0.0627. The van der Waals surface area contributed by atoms with Gasteiger partial charge in [-0.1, -0.05) is 0 Å². The number of nitro benzene ring substituents is 1. The Morgan fingerprint density at radius 1 is 1.33 bits per heavy atom. The summed E-state index contributed by atoms with van der Waals surface area (Å²) in [5, 5.41) is 19.5.